The number of rotatable bonds is 9. The van der Waals surface area contributed by atoms with E-state index in [9.17, 15) is 15.0 Å². The highest BCUT2D eigenvalue weighted by atomic mass is 16.5. The van der Waals surface area contributed by atoms with Crippen molar-refractivity contribution in [3.63, 3.8) is 0 Å². The van der Waals surface area contributed by atoms with Crippen LogP contribution in [0.3, 0.4) is 0 Å². The van der Waals surface area contributed by atoms with E-state index in [4.69, 9.17) is 4.74 Å². The number of aliphatic hydroxyl groups excluding tert-OH is 2. The summed E-state index contributed by atoms with van der Waals surface area (Å²) < 4.78 is 5.53. The first kappa shape index (κ1) is 25.9. The van der Waals surface area contributed by atoms with E-state index in [1.54, 1.807) is 0 Å². The van der Waals surface area contributed by atoms with E-state index in [1.807, 2.05) is 48.5 Å². The summed E-state index contributed by atoms with van der Waals surface area (Å²) in [5, 5.41) is 27.1. The summed E-state index contributed by atoms with van der Waals surface area (Å²) in [6.07, 6.45) is -2.36. The van der Waals surface area contributed by atoms with Crippen molar-refractivity contribution in [3.8, 4) is 11.1 Å². The van der Waals surface area contributed by atoms with Gasteiger partial charge in [-0.25, -0.2) is 4.79 Å². The lowest BCUT2D eigenvalue weighted by atomic mass is 9.98. The van der Waals surface area contributed by atoms with Gasteiger partial charge in [0, 0.05) is 24.5 Å². The van der Waals surface area contributed by atoms with Gasteiger partial charge in [-0.3, -0.25) is 0 Å². The number of carbonyl (C=O) groups excluding carboxylic acids is 1. The molecule has 4 N–H and O–H groups in total. The van der Waals surface area contributed by atoms with Crippen molar-refractivity contribution in [2.75, 3.05) is 13.2 Å². The summed E-state index contributed by atoms with van der Waals surface area (Å²) in [7, 11) is 0. The SMILES string of the molecule is CC(C)(C)NCc1ccc(C(O)C(O)CCNC(=O)OCC2c3ccccc3-c3ccccc32)cc1. The number of amides is 1. The van der Waals surface area contributed by atoms with Crippen molar-refractivity contribution in [3.05, 3.63) is 95.1 Å². The molecular weight excluding hydrogens is 452 g/mol. The van der Waals surface area contributed by atoms with E-state index in [0.29, 0.717) is 5.56 Å². The Hall–Kier alpha value is -3.19. The minimum Gasteiger partial charge on any atom is -0.449 e. The topological polar surface area (TPSA) is 90.8 Å². The van der Waals surface area contributed by atoms with Crippen LogP contribution in [0.1, 0.15) is 61.5 Å². The van der Waals surface area contributed by atoms with Crippen molar-refractivity contribution in [2.24, 2.45) is 0 Å². The van der Waals surface area contributed by atoms with Crippen LogP contribution in [0.15, 0.2) is 72.8 Å². The lowest BCUT2D eigenvalue weighted by molar-refractivity contribution is 0.0136. The molecule has 4 rings (SSSR count). The number of alkyl carbamates (subject to hydrolysis) is 1. The second kappa shape index (κ2) is 11.2. The molecule has 3 aromatic rings. The summed E-state index contributed by atoms with van der Waals surface area (Å²) in [6, 6.07) is 23.9. The third-order valence-corrected chi connectivity index (χ3v) is 6.56. The molecule has 1 aliphatic rings. The normalized spacial score (nSPS) is 14.6. The first-order chi connectivity index (χ1) is 17.2. The van der Waals surface area contributed by atoms with Gasteiger partial charge in [0.1, 0.15) is 12.7 Å². The van der Waals surface area contributed by atoms with Crippen molar-refractivity contribution in [1.82, 2.24) is 10.6 Å². The van der Waals surface area contributed by atoms with Gasteiger partial charge < -0.3 is 25.6 Å². The Labute approximate surface area is 213 Å². The molecule has 0 heterocycles. The molecule has 6 nitrogen and oxygen atoms in total. The molecule has 36 heavy (non-hydrogen) atoms. The minimum atomic E-state index is -1.03. The highest BCUT2D eigenvalue weighted by Crippen LogP contribution is 2.44. The standard InChI is InChI=1S/C30H36N2O4/c1-30(2,3)32-18-20-12-14-21(15-13-20)28(34)27(33)16-17-31-29(35)36-19-26-24-10-6-4-8-22(24)23-9-5-7-11-25(23)26/h4-15,26-28,32-34H,16-19H2,1-3H3,(H,31,35). The number of fused-ring (bicyclic) bond motifs is 3. The van der Waals surface area contributed by atoms with Crippen LogP contribution in [0.5, 0.6) is 0 Å². The lowest BCUT2D eigenvalue weighted by Crippen LogP contribution is -2.35. The highest BCUT2D eigenvalue weighted by molar-refractivity contribution is 5.79. The summed E-state index contributed by atoms with van der Waals surface area (Å²) in [6.45, 7) is 7.49. The third kappa shape index (κ3) is 6.32. The Morgan fingerprint density at radius 2 is 1.50 bits per heavy atom. The van der Waals surface area contributed by atoms with Gasteiger partial charge in [0.05, 0.1) is 6.10 Å². The van der Waals surface area contributed by atoms with Gasteiger partial charge in [-0.05, 0) is 60.6 Å². The zero-order valence-corrected chi connectivity index (χ0v) is 21.2. The van der Waals surface area contributed by atoms with Crippen LogP contribution in [0.4, 0.5) is 4.79 Å². The fourth-order valence-corrected chi connectivity index (χ4v) is 4.55. The smallest absolute Gasteiger partial charge is 0.407 e. The fraction of sp³-hybridized carbons (Fsp3) is 0.367. The van der Waals surface area contributed by atoms with Crippen LogP contribution >= 0.6 is 0 Å². The predicted octanol–water partition coefficient (Wildman–Crippen LogP) is 4.90. The second-order valence-corrected chi connectivity index (χ2v) is 10.4. The van der Waals surface area contributed by atoms with Crippen LogP contribution in [-0.4, -0.2) is 41.1 Å². The summed E-state index contributed by atoms with van der Waals surface area (Å²) in [5.74, 6) is -0.00266. The zero-order chi connectivity index (χ0) is 25.7. The van der Waals surface area contributed by atoms with Gasteiger partial charge in [0.25, 0.3) is 0 Å². The Morgan fingerprint density at radius 3 is 2.08 bits per heavy atom. The van der Waals surface area contributed by atoms with Crippen molar-refractivity contribution in [1.29, 1.82) is 0 Å². The molecule has 0 aliphatic heterocycles. The number of aliphatic hydroxyl groups is 2. The lowest BCUT2D eigenvalue weighted by Gasteiger charge is -2.21. The second-order valence-electron chi connectivity index (χ2n) is 10.4. The Morgan fingerprint density at radius 1 is 0.917 bits per heavy atom. The highest BCUT2D eigenvalue weighted by Gasteiger charge is 2.29. The molecule has 0 saturated carbocycles. The summed E-state index contributed by atoms with van der Waals surface area (Å²) in [4.78, 5) is 12.3. The van der Waals surface area contributed by atoms with Gasteiger partial charge in [0.15, 0.2) is 0 Å². The number of carbonyl (C=O) groups is 1. The number of hydrogen-bond donors (Lipinski definition) is 4. The maximum Gasteiger partial charge on any atom is 0.407 e. The van der Waals surface area contributed by atoms with Crippen LogP contribution in [-0.2, 0) is 11.3 Å². The number of benzene rings is 3. The molecule has 2 atom stereocenters. The number of ether oxygens (including phenoxy) is 1. The van der Waals surface area contributed by atoms with Crippen LogP contribution < -0.4 is 10.6 Å². The Kier molecular flexibility index (Phi) is 8.09. The number of hydrogen-bond acceptors (Lipinski definition) is 5. The van der Waals surface area contributed by atoms with Gasteiger partial charge in [-0.15, -0.1) is 0 Å². The molecule has 0 aromatic heterocycles. The van der Waals surface area contributed by atoms with Crippen molar-refractivity contribution < 1.29 is 19.7 Å². The average molecular weight is 489 g/mol. The Balaban J connectivity index is 1.23. The first-order valence-electron chi connectivity index (χ1n) is 12.5. The molecule has 0 spiro atoms. The van der Waals surface area contributed by atoms with Gasteiger partial charge in [0.2, 0.25) is 0 Å². The largest absolute Gasteiger partial charge is 0.449 e. The van der Waals surface area contributed by atoms with Gasteiger partial charge in [-0.1, -0.05) is 72.8 Å². The summed E-state index contributed by atoms with van der Waals surface area (Å²) >= 11 is 0. The molecule has 0 fully saturated rings. The van der Waals surface area contributed by atoms with Crippen LogP contribution in [0.2, 0.25) is 0 Å². The van der Waals surface area contributed by atoms with Crippen molar-refractivity contribution >= 4 is 6.09 Å². The molecule has 6 heteroatoms. The maximum atomic E-state index is 12.3. The van der Waals surface area contributed by atoms with E-state index in [1.165, 1.54) is 11.1 Å². The number of nitrogens with one attached hydrogen (secondary N) is 2. The molecule has 2 unspecified atom stereocenters. The minimum absolute atomic E-state index is 0.00266. The first-order valence-corrected chi connectivity index (χ1v) is 12.5. The van der Waals surface area contributed by atoms with Crippen LogP contribution in [0, 0.1) is 0 Å². The fourth-order valence-electron chi connectivity index (χ4n) is 4.55. The molecule has 3 aromatic carbocycles. The van der Waals surface area contributed by atoms with E-state index in [2.05, 4.69) is 55.7 Å². The van der Waals surface area contributed by atoms with E-state index < -0.39 is 18.3 Å². The maximum absolute atomic E-state index is 12.3. The molecule has 0 radical (unpaired) electrons. The van der Waals surface area contributed by atoms with Crippen LogP contribution in [0.25, 0.3) is 11.1 Å². The van der Waals surface area contributed by atoms with E-state index >= 15 is 0 Å². The third-order valence-electron chi connectivity index (χ3n) is 6.56. The van der Waals surface area contributed by atoms with Gasteiger partial charge >= 0.3 is 6.09 Å². The monoisotopic (exact) mass is 488 g/mol. The molecule has 1 amide bonds. The molecular formula is C30H36N2O4. The van der Waals surface area contributed by atoms with Crippen molar-refractivity contribution in [2.45, 2.75) is 57.4 Å². The van der Waals surface area contributed by atoms with Gasteiger partial charge in [-0.2, -0.15) is 0 Å². The quantitative estimate of drug-likeness (QED) is 0.344. The Bertz CT molecular complexity index is 1120. The van der Waals surface area contributed by atoms with E-state index in [-0.39, 0.29) is 31.0 Å². The predicted molar refractivity (Wildman–Crippen MR) is 142 cm³/mol. The molecule has 0 bridgehead atoms. The molecule has 190 valence electrons. The molecule has 1 aliphatic carbocycles. The molecule has 0 saturated heterocycles. The zero-order valence-electron chi connectivity index (χ0n) is 21.2. The average Bonchev–Trinajstić information content (AvgIpc) is 3.19. The van der Waals surface area contributed by atoms with E-state index in [0.717, 1.165) is 23.2 Å². The summed E-state index contributed by atoms with van der Waals surface area (Å²) in [5.41, 5.74) is 6.44.